The molecule has 0 aromatic rings. The fourth-order valence-corrected chi connectivity index (χ4v) is 1.85. The van der Waals surface area contributed by atoms with Crippen molar-refractivity contribution in [2.75, 3.05) is 13.1 Å². The lowest BCUT2D eigenvalue weighted by Crippen LogP contribution is -2.46. The summed E-state index contributed by atoms with van der Waals surface area (Å²) in [6.45, 7) is 6.02. The molecule has 2 atom stereocenters. The maximum atomic E-state index is 11.8. The smallest absolute Gasteiger partial charge is 0.410 e. The third-order valence-corrected chi connectivity index (χ3v) is 2.55. The molecule has 0 saturated carbocycles. The van der Waals surface area contributed by atoms with E-state index >= 15 is 0 Å². The van der Waals surface area contributed by atoms with E-state index in [0.29, 0.717) is 19.5 Å². The predicted molar refractivity (Wildman–Crippen MR) is 61.5 cm³/mol. The van der Waals surface area contributed by atoms with Gasteiger partial charge in [0.15, 0.2) is 0 Å². The number of amides is 1. The highest BCUT2D eigenvalue weighted by atomic mass is 16.6. The van der Waals surface area contributed by atoms with Crippen LogP contribution in [0.3, 0.4) is 0 Å². The van der Waals surface area contributed by atoms with Crippen LogP contribution in [0.4, 0.5) is 4.79 Å². The summed E-state index contributed by atoms with van der Waals surface area (Å²) < 4.78 is 5.22. The Morgan fingerprint density at radius 2 is 1.65 bits per heavy atom. The lowest BCUT2D eigenvalue weighted by molar-refractivity contribution is -0.116. The van der Waals surface area contributed by atoms with Gasteiger partial charge in [-0.15, -0.1) is 0 Å². The minimum Gasteiger partial charge on any atom is -0.444 e. The number of hydrogen-bond donors (Lipinski definition) is 0. The number of carbonyl (C=O) groups is 3. The Morgan fingerprint density at radius 1 is 1.18 bits per heavy atom. The van der Waals surface area contributed by atoms with Crippen molar-refractivity contribution in [1.82, 2.24) is 4.90 Å². The van der Waals surface area contributed by atoms with Gasteiger partial charge in [0.1, 0.15) is 18.2 Å². The van der Waals surface area contributed by atoms with Gasteiger partial charge in [-0.1, -0.05) is 0 Å². The molecule has 1 aliphatic rings. The predicted octanol–water partition coefficient (Wildman–Crippen LogP) is 1.26. The molecule has 0 aromatic heterocycles. The van der Waals surface area contributed by atoms with Crippen LogP contribution in [-0.4, -0.2) is 42.3 Å². The fourth-order valence-electron chi connectivity index (χ4n) is 1.85. The van der Waals surface area contributed by atoms with E-state index in [1.165, 1.54) is 4.90 Å². The summed E-state index contributed by atoms with van der Waals surface area (Å²) in [4.78, 5) is 34.8. The first-order valence-corrected chi connectivity index (χ1v) is 5.74. The Bertz CT molecular complexity index is 292. The van der Waals surface area contributed by atoms with Crippen LogP contribution in [-0.2, 0) is 14.3 Å². The number of piperidine rings is 1. The third-order valence-electron chi connectivity index (χ3n) is 2.55. The van der Waals surface area contributed by atoms with E-state index in [-0.39, 0.29) is 11.8 Å². The Morgan fingerprint density at radius 3 is 2.00 bits per heavy atom. The van der Waals surface area contributed by atoms with Gasteiger partial charge in [-0.2, -0.15) is 0 Å². The van der Waals surface area contributed by atoms with Crippen molar-refractivity contribution >= 4 is 18.7 Å². The molecule has 0 N–H and O–H groups in total. The van der Waals surface area contributed by atoms with E-state index in [9.17, 15) is 14.4 Å². The van der Waals surface area contributed by atoms with Crippen molar-refractivity contribution in [2.45, 2.75) is 32.8 Å². The Hall–Kier alpha value is -1.39. The van der Waals surface area contributed by atoms with E-state index in [0.717, 1.165) is 12.6 Å². The van der Waals surface area contributed by atoms with Gasteiger partial charge >= 0.3 is 6.09 Å². The molecule has 0 bridgehead atoms. The number of hydrogen-bond acceptors (Lipinski definition) is 4. The van der Waals surface area contributed by atoms with E-state index < -0.39 is 11.7 Å². The van der Waals surface area contributed by atoms with E-state index in [1.807, 2.05) is 0 Å². The Balaban J connectivity index is 2.65. The number of likely N-dealkylation sites (tertiary alicyclic amines) is 1. The normalized spacial score (nSPS) is 25.2. The van der Waals surface area contributed by atoms with Crippen LogP contribution in [0.5, 0.6) is 0 Å². The molecule has 96 valence electrons. The van der Waals surface area contributed by atoms with Gasteiger partial charge in [0, 0.05) is 24.9 Å². The summed E-state index contributed by atoms with van der Waals surface area (Å²) in [5.41, 5.74) is -0.568. The molecule has 5 heteroatoms. The van der Waals surface area contributed by atoms with Gasteiger partial charge in [-0.05, 0) is 27.2 Å². The molecule has 0 spiro atoms. The van der Waals surface area contributed by atoms with Crippen molar-refractivity contribution in [3.8, 4) is 0 Å². The zero-order chi connectivity index (χ0) is 13.1. The average molecular weight is 241 g/mol. The Labute approximate surface area is 101 Å². The standard InChI is InChI=1S/C12H19NO4/c1-12(2,3)17-11(16)13-5-9(7-14)4-10(6-13)8-15/h7-10H,4-6H2,1-3H3/t9-,10-/m0/s1. The molecular weight excluding hydrogens is 222 g/mol. The first-order valence-electron chi connectivity index (χ1n) is 5.74. The SMILES string of the molecule is CC(C)(C)OC(=O)N1C[C@@H](C=O)C[C@H](C=O)C1. The molecule has 17 heavy (non-hydrogen) atoms. The van der Waals surface area contributed by atoms with Crippen molar-refractivity contribution in [3.63, 3.8) is 0 Å². The molecule has 0 unspecified atom stereocenters. The monoisotopic (exact) mass is 241 g/mol. The molecular formula is C12H19NO4. The third kappa shape index (κ3) is 4.17. The minimum atomic E-state index is -0.568. The quantitative estimate of drug-likeness (QED) is 0.683. The van der Waals surface area contributed by atoms with Gasteiger partial charge < -0.3 is 19.2 Å². The second-order valence-electron chi connectivity index (χ2n) is 5.41. The molecule has 1 aliphatic heterocycles. The second kappa shape index (κ2) is 5.29. The molecule has 1 fully saturated rings. The van der Waals surface area contributed by atoms with E-state index in [1.54, 1.807) is 20.8 Å². The van der Waals surface area contributed by atoms with Gasteiger partial charge in [-0.25, -0.2) is 4.79 Å². The van der Waals surface area contributed by atoms with Crippen molar-refractivity contribution in [1.29, 1.82) is 0 Å². The molecule has 1 amide bonds. The first kappa shape index (κ1) is 13.7. The lowest BCUT2D eigenvalue weighted by Gasteiger charge is -2.34. The number of rotatable bonds is 2. The summed E-state index contributed by atoms with van der Waals surface area (Å²) in [6.07, 6.45) is 1.66. The van der Waals surface area contributed by atoms with E-state index in [4.69, 9.17) is 4.74 Å². The molecule has 1 rings (SSSR count). The summed E-state index contributed by atoms with van der Waals surface area (Å²) in [6, 6.07) is 0. The zero-order valence-corrected chi connectivity index (χ0v) is 10.5. The lowest BCUT2D eigenvalue weighted by atomic mass is 9.91. The first-order chi connectivity index (χ1) is 7.85. The van der Waals surface area contributed by atoms with Gasteiger partial charge in [0.05, 0.1) is 0 Å². The summed E-state index contributed by atoms with van der Waals surface area (Å²) in [5.74, 6) is -0.544. The Kier molecular flexibility index (Phi) is 4.26. The van der Waals surface area contributed by atoms with Gasteiger partial charge in [0.2, 0.25) is 0 Å². The van der Waals surface area contributed by atoms with Crippen LogP contribution < -0.4 is 0 Å². The summed E-state index contributed by atoms with van der Waals surface area (Å²) >= 11 is 0. The zero-order valence-electron chi connectivity index (χ0n) is 10.5. The largest absolute Gasteiger partial charge is 0.444 e. The molecule has 0 aliphatic carbocycles. The highest BCUT2D eigenvalue weighted by Gasteiger charge is 2.32. The molecule has 0 aromatic carbocycles. The van der Waals surface area contributed by atoms with Crippen molar-refractivity contribution in [2.24, 2.45) is 11.8 Å². The number of carbonyl (C=O) groups excluding carboxylic acids is 3. The molecule has 1 heterocycles. The van der Waals surface area contributed by atoms with Crippen LogP contribution >= 0.6 is 0 Å². The van der Waals surface area contributed by atoms with Crippen LogP contribution in [0.15, 0.2) is 0 Å². The summed E-state index contributed by atoms with van der Waals surface area (Å²) in [5, 5.41) is 0. The maximum Gasteiger partial charge on any atom is 0.410 e. The highest BCUT2D eigenvalue weighted by molar-refractivity contribution is 5.70. The second-order valence-corrected chi connectivity index (χ2v) is 5.41. The number of nitrogens with zero attached hydrogens (tertiary/aromatic N) is 1. The van der Waals surface area contributed by atoms with Crippen LogP contribution in [0.25, 0.3) is 0 Å². The number of ether oxygens (including phenoxy) is 1. The summed E-state index contributed by atoms with van der Waals surface area (Å²) in [7, 11) is 0. The van der Waals surface area contributed by atoms with Crippen LogP contribution in [0.1, 0.15) is 27.2 Å². The van der Waals surface area contributed by atoms with E-state index in [2.05, 4.69) is 0 Å². The van der Waals surface area contributed by atoms with Crippen molar-refractivity contribution in [3.05, 3.63) is 0 Å². The molecule has 5 nitrogen and oxygen atoms in total. The molecule has 0 radical (unpaired) electrons. The number of aldehydes is 2. The van der Waals surface area contributed by atoms with Gasteiger partial charge in [-0.3, -0.25) is 0 Å². The highest BCUT2D eigenvalue weighted by Crippen LogP contribution is 2.21. The fraction of sp³-hybridized carbons (Fsp3) is 0.750. The topological polar surface area (TPSA) is 63.7 Å². The molecule has 1 saturated heterocycles. The maximum absolute atomic E-state index is 11.8. The average Bonchev–Trinajstić information content (AvgIpc) is 2.26. The van der Waals surface area contributed by atoms with Crippen LogP contribution in [0, 0.1) is 11.8 Å². The minimum absolute atomic E-state index is 0.272. The van der Waals surface area contributed by atoms with Gasteiger partial charge in [0.25, 0.3) is 0 Å². The van der Waals surface area contributed by atoms with Crippen molar-refractivity contribution < 1.29 is 19.1 Å². The van der Waals surface area contributed by atoms with Crippen LogP contribution in [0.2, 0.25) is 0 Å².